The van der Waals surface area contributed by atoms with Crippen LogP contribution in [0.3, 0.4) is 0 Å². The third-order valence-electron chi connectivity index (χ3n) is 6.81. The summed E-state index contributed by atoms with van der Waals surface area (Å²) in [7, 11) is 3.85. The number of hydrogen-bond acceptors (Lipinski definition) is 5. The molecule has 7 heteroatoms. The predicted octanol–water partition coefficient (Wildman–Crippen LogP) is 7.74. The smallest absolute Gasteiger partial charge is 0.174 e. The quantitative estimate of drug-likeness (QED) is 0.335. The number of amidine groups is 1. The van der Waals surface area contributed by atoms with Crippen molar-refractivity contribution in [1.82, 2.24) is 9.80 Å². The summed E-state index contributed by atoms with van der Waals surface area (Å²) in [5.74, 6) is 0.840. The van der Waals surface area contributed by atoms with Crippen LogP contribution in [-0.2, 0) is 0 Å². The molecule has 3 aromatic rings. The SMILES string of the molecule is COc1ccc(C2=CSC3=NC4=C(CN(C)C/C4=C\c4ccc(Cl)cc4)[C@@H](c4ccc(Cl)cc4)N23)cc1. The van der Waals surface area contributed by atoms with E-state index in [2.05, 4.69) is 64.7 Å². The lowest BCUT2D eigenvalue weighted by Gasteiger charge is -2.42. The van der Waals surface area contributed by atoms with Gasteiger partial charge in [0.2, 0.25) is 0 Å². The van der Waals surface area contributed by atoms with Crippen molar-refractivity contribution in [3.05, 3.63) is 122 Å². The third-order valence-corrected chi connectivity index (χ3v) is 8.15. The molecule has 1 atom stereocenters. The van der Waals surface area contributed by atoms with Crippen LogP contribution in [0.1, 0.15) is 22.7 Å². The molecule has 0 bridgehead atoms. The molecule has 0 aliphatic carbocycles. The Kier molecular flexibility index (Phi) is 6.63. The molecule has 3 aromatic carbocycles. The van der Waals surface area contributed by atoms with Crippen molar-refractivity contribution in [2.24, 2.45) is 4.99 Å². The Morgan fingerprint density at radius 3 is 2.27 bits per heavy atom. The van der Waals surface area contributed by atoms with Crippen molar-refractivity contribution in [2.75, 3.05) is 27.2 Å². The van der Waals surface area contributed by atoms with E-state index in [0.717, 1.165) is 56.6 Å². The Bertz CT molecular complexity index is 1460. The highest BCUT2D eigenvalue weighted by Gasteiger charge is 2.41. The van der Waals surface area contributed by atoms with Crippen molar-refractivity contribution in [2.45, 2.75) is 6.04 Å². The molecule has 3 aliphatic heterocycles. The van der Waals surface area contributed by atoms with E-state index in [1.807, 2.05) is 36.4 Å². The van der Waals surface area contributed by atoms with Gasteiger partial charge in [-0.25, -0.2) is 4.99 Å². The van der Waals surface area contributed by atoms with Crippen LogP contribution in [0.4, 0.5) is 0 Å². The number of halogens is 2. The Morgan fingerprint density at radius 2 is 1.59 bits per heavy atom. The monoisotopic (exact) mass is 545 g/mol. The first-order valence-corrected chi connectivity index (χ1v) is 13.7. The second-order valence-corrected chi connectivity index (χ2v) is 11.0. The summed E-state index contributed by atoms with van der Waals surface area (Å²) >= 11 is 14.1. The zero-order valence-electron chi connectivity index (χ0n) is 20.5. The number of hydrogen-bond donors (Lipinski definition) is 0. The summed E-state index contributed by atoms with van der Waals surface area (Å²) in [4.78, 5) is 9.98. The van der Waals surface area contributed by atoms with Gasteiger partial charge in [0.15, 0.2) is 5.17 Å². The average molecular weight is 547 g/mol. The largest absolute Gasteiger partial charge is 0.497 e. The molecule has 0 N–H and O–H groups in total. The lowest BCUT2D eigenvalue weighted by Crippen LogP contribution is -2.40. The van der Waals surface area contributed by atoms with Crippen molar-refractivity contribution in [1.29, 1.82) is 0 Å². The summed E-state index contributed by atoms with van der Waals surface area (Å²) < 4.78 is 5.39. The van der Waals surface area contributed by atoms with Crippen LogP contribution in [0, 0.1) is 0 Å². The molecule has 3 heterocycles. The fraction of sp³-hybridized carbons (Fsp3) is 0.167. The maximum absolute atomic E-state index is 6.30. The highest BCUT2D eigenvalue weighted by molar-refractivity contribution is 8.16. The van der Waals surface area contributed by atoms with Gasteiger partial charge in [0.1, 0.15) is 5.75 Å². The molecular weight excluding hydrogens is 521 g/mol. The minimum absolute atomic E-state index is 0.000476. The van der Waals surface area contributed by atoms with Crippen molar-refractivity contribution < 1.29 is 4.74 Å². The molecule has 0 saturated heterocycles. The number of aliphatic imine (C=N–C) groups is 1. The highest BCUT2D eigenvalue weighted by Crippen LogP contribution is 2.49. The lowest BCUT2D eigenvalue weighted by atomic mass is 9.88. The number of likely N-dealkylation sites (N-methyl/N-ethyl adjacent to an activating group) is 1. The van der Waals surface area contributed by atoms with Gasteiger partial charge >= 0.3 is 0 Å². The Morgan fingerprint density at radius 1 is 0.919 bits per heavy atom. The fourth-order valence-electron chi connectivity index (χ4n) is 5.10. The van der Waals surface area contributed by atoms with Crippen molar-refractivity contribution in [3.8, 4) is 5.75 Å². The van der Waals surface area contributed by atoms with Gasteiger partial charge in [-0.1, -0.05) is 59.2 Å². The molecule has 0 spiro atoms. The average Bonchev–Trinajstić information content (AvgIpc) is 3.33. The molecule has 0 radical (unpaired) electrons. The van der Waals surface area contributed by atoms with Gasteiger partial charge in [-0.3, -0.25) is 4.90 Å². The molecule has 0 saturated carbocycles. The van der Waals surface area contributed by atoms with E-state index in [1.54, 1.807) is 18.9 Å². The summed E-state index contributed by atoms with van der Waals surface area (Å²) in [5, 5.41) is 4.65. The van der Waals surface area contributed by atoms with Gasteiger partial charge in [-0.2, -0.15) is 0 Å². The summed E-state index contributed by atoms with van der Waals surface area (Å²) in [6.07, 6.45) is 2.23. The van der Waals surface area contributed by atoms with Crippen LogP contribution in [-0.4, -0.2) is 42.2 Å². The summed E-state index contributed by atoms with van der Waals surface area (Å²) in [5.41, 5.74) is 8.13. The van der Waals surface area contributed by atoms with Gasteiger partial charge in [0, 0.05) is 28.5 Å². The van der Waals surface area contributed by atoms with E-state index < -0.39 is 0 Å². The van der Waals surface area contributed by atoms with Crippen LogP contribution in [0.2, 0.25) is 10.0 Å². The highest BCUT2D eigenvalue weighted by atomic mass is 35.5. The van der Waals surface area contributed by atoms with Gasteiger partial charge in [0.25, 0.3) is 0 Å². The van der Waals surface area contributed by atoms with Crippen LogP contribution < -0.4 is 4.74 Å². The Labute approximate surface area is 231 Å². The number of benzene rings is 3. The van der Waals surface area contributed by atoms with Crippen LogP contribution >= 0.6 is 35.0 Å². The summed E-state index contributed by atoms with van der Waals surface area (Å²) in [6.45, 7) is 1.66. The zero-order chi connectivity index (χ0) is 25.5. The van der Waals surface area contributed by atoms with Gasteiger partial charge in [-0.05, 0) is 89.5 Å². The van der Waals surface area contributed by atoms with E-state index in [9.17, 15) is 0 Å². The van der Waals surface area contributed by atoms with Crippen LogP contribution in [0.25, 0.3) is 11.8 Å². The van der Waals surface area contributed by atoms with E-state index in [4.69, 9.17) is 32.9 Å². The molecule has 0 aromatic heterocycles. The molecule has 37 heavy (non-hydrogen) atoms. The van der Waals surface area contributed by atoms with Gasteiger partial charge in [0.05, 0.1) is 24.5 Å². The molecule has 0 unspecified atom stereocenters. The predicted molar refractivity (Wildman–Crippen MR) is 156 cm³/mol. The first kappa shape index (κ1) is 24.4. The number of methoxy groups -OCH3 is 1. The second-order valence-electron chi connectivity index (χ2n) is 9.34. The van der Waals surface area contributed by atoms with E-state index in [0.29, 0.717) is 0 Å². The van der Waals surface area contributed by atoms with E-state index >= 15 is 0 Å². The number of nitrogens with zero attached hydrogens (tertiary/aromatic N) is 3. The molecular formula is C30H25Cl2N3OS. The molecule has 6 rings (SSSR count). The van der Waals surface area contributed by atoms with Crippen molar-refractivity contribution in [3.63, 3.8) is 0 Å². The first-order valence-electron chi connectivity index (χ1n) is 12.0. The normalized spacial score (nSPS) is 20.5. The number of rotatable bonds is 4. The van der Waals surface area contributed by atoms with Gasteiger partial charge in [-0.15, -0.1) is 0 Å². The molecule has 186 valence electrons. The maximum Gasteiger partial charge on any atom is 0.174 e. The van der Waals surface area contributed by atoms with Gasteiger partial charge < -0.3 is 9.64 Å². The van der Waals surface area contributed by atoms with Crippen LogP contribution in [0.5, 0.6) is 5.75 Å². The van der Waals surface area contributed by atoms with E-state index in [-0.39, 0.29) is 6.04 Å². The minimum Gasteiger partial charge on any atom is -0.497 e. The molecule has 4 nitrogen and oxygen atoms in total. The summed E-state index contributed by atoms with van der Waals surface area (Å²) in [6, 6.07) is 24.4. The third kappa shape index (κ3) is 4.73. The first-order chi connectivity index (χ1) is 18.0. The number of ether oxygens (including phenoxy) is 1. The minimum atomic E-state index is -0.000476. The fourth-order valence-corrected chi connectivity index (χ4v) is 6.28. The van der Waals surface area contributed by atoms with Crippen LogP contribution in [0.15, 0.2) is 100 Å². The standard InChI is InChI=1S/C30H25Cl2N3OS/c1-34-16-22(15-19-3-9-23(31)10-4-19)28-26(17-34)29(21-5-11-24(32)12-6-21)35-27(18-37-30(35)33-28)20-7-13-25(36-2)14-8-20/h3-15,18,29H,16-17H2,1-2H3/b22-15+/t29-/m1/s1. The van der Waals surface area contributed by atoms with E-state index in [1.165, 1.54) is 16.7 Å². The van der Waals surface area contributed by atoms with Crippen molar-refractivity contribution >= 4 is 51.9 Å². The maximum atomic E-state index is 6.30. The Hall–Kier alpha value is -2.96. The topological polar surface area (TPSA) is 28.1 Å². The second kappa shape index (κ2) is 10.1. The lowest BCUT2D eigenvalue weighted by molar-refractivity contribution is 0.344. The zero-order valence-corrected chi connectivity index (χ0v) is 22.8. The molecule has 0 fully saturated rings. The number of fused-ring (bicyclic) bond motifs is 1. The molecule has 0 amide bonds. The Balaban J connectivity index is 1.49. The number of thioether (sulfide) groups is 1. The molecule has 3 aliphatic rings.